The summed E-state index contributed by atoms with van der Waals surface area (Å²) in [7, 11) is 3.30. The van der Waals surface area contributed by atoms with Crippen LogP contribution in [0.15, 0.2) is 18.2 Å². The Morgan fingerprint density at radius 3 is 2.57 bits per heavy atom. The lowest BCUT2D eigenvalue weighted by Gasteiger charge is -2.23. The van der Waals surface area contributed by atoms with Gasteiger partial charge < -0.3 is 19.8 Å². The van der Waals surface area contributed by atoms with E-state index in [1.54, 1.807) is 14.2 Å². The van der Waals surface area contributed by atoms with E-state index in [2.05, 4.69) is 14.8 Å². The Labute approximate surface area is 123 Å². The third-order valence-electron chi connectivity index (χ3n) is 4.04. The molecule has 112 valence electrons. The van der Waals surface area contributed by atoms with Gasteiger partial charge in [-0.15, -0.1) is 10.2 Å². The minimum atomic E-state index is 0.495. The van der Waals surface area contributed by atoms with Crippen LogP contribution in [0.5, 0.6) is 11.5 Å². The molecule has 0 aliphatic carbocycles. The number of nitrogens with two attached hydrogens (primary N) is 1. The molecule has 1 aliphatic rings. The van der Waals surface area contributed by atoms with E-state index in [0.29, 0.717) is 12.5 Å². The zero-order chi connectivity index (χ0) is 14.8. The Morgan fingerprint density at radius 2 is 1.95 bits per heavy atom. The predicted molar refractivity (Wildman–Crippen MR) is 79.4 cm³/mol. The molecule has 1 aromatic heterocycles. The maximum absolute atomic E-state index is 5.77. The first-order valence-corrected chi connectivity index (χ1v) is 7.12. The highest BCUT2D eigenvalue weighted by atomic mass is 16.5. The number of nitrogens with zero attached hydrogens (tertiary/aromatic N) is 3. The molecule has 2 heterocycles. The highest BCUT2D eigenvalue weighted by Crippen LogP contribution is 2.38. The van der Waals surface area contributed by atoms with Crippen molar-refractivity contribution in [1.29, 1.82) is 0 Å². The van der Waals surface area contributed by atoms with E-state index >= 15 is 0 Å². The van der Waals surface area contributed by atoms with E-state index in [0.717, 1.165) is 48.1 Å². The van der Waals surface area contributed by atoms with Crippen LogP contribution in [0.3, 0.4) is 0 Å². The number of hydrogen-bond donors (Lipinski definition) is 1. The highest BCUT2D eigenvalue weighted by Gasteiger charge is 2.25. The summed E-state index contributed by atoms with van der Waals surface area (Å²) in [6.07, 6.45) is 1.92. The van der Waals surface area contributed by atoms with Crippen LogP contribution in [0.25, 0.3) is 11.4 Å². The molecule has 0 saturated carbocycles. The van der Waals surface area contributed by atoms with E-state index in [1.165, 1.54) is 0 Å². The molecule has 0 fully saturated rings. The van der Waals surface area contributed by atoms with Crippen LogP contribution in [-0.4, -0.2) is 35.5 Å². The van der Waals surface area contributed by atoms with E-state index < -0.39 is 0 Å². The summed E-state index contributed by atoms with van der Waals surface area (Å²) in [6.45, 7) is 1.57. The molecule has 21 heavy (non-hydrogen) atoms. The van der Waals surface area contributed by atoms with Gasteiger partial charge >= 0.3 is 0 Å². The van der Waals surface area contributed by atoms with Crippen molar-refractivity contribution in [3.63, 3.8) is 0 Å². The van der Waals surface area contributed by atoms with E-state index in [9.17, 15) is 0 Å². The van der Waals surface area contributed by atoms with Crippen molar-refractivity contribution in [2.45, 2.75) is 19.4 Å². The normalized spacial score (nSPS) is 17.4. The van der Waals surface area contributed by atoms with Gasteiger partial charge in [-0.05, 0) is 31.0 Å². The molecule has 0 saturated heterocycles. The average Bonchev–Trinajstić information content (AvgIpc) is 2.96. The molecule has 1 unspecified atom stereocenters. The topological polar surface area (TPSA) is 75.2 Å². The standard InChI is InChI=1S/C15H20N4O2/c1-20-11-4-3-5-12(21-2)14(11)15-18-17-13-8-10(9-16)6-7-19(13)15/h3-5,10H,6-9,16H2,1-2H3. The van der Waals surface area contributed by atoms with Crippen LogP contribution in [0.2, 0.25) is 0 Å². The SMILES string of the molecule is COc1cccc(OC)c1-c1nnc2n1CCC(CN)C2. The Balaban J connectivity index is 2.09. The van der Waals surface area contributed by atoms with Crippen molar-refractivity contribution in [3.05, 3.63) is 24.0 Å². The van der Waals surface area contributed by atoms with Crippen LogP contribution in [-0.2, 0) is 13.0 Å². The van der Waals surface area contributed by atoms with Crippen molar-refractivity contribution in [3.8, 4) is 22.9 Å². The van der Waals surface area contributed by atoms with Crippen molar-refractivity contribution >= 4 is 0 Å². The van der Waals surface area contributed by atoms with Crippen LogP contribution in [0.1, 0.15) is 12.2 Å². The molecule has 0 amide bonds. The largest absolute Gasteiger partial charge is 0.496 e. The summed E-state index contributed by atoms with van der Waals surface area (Å²) in [5.41, 5.74) is 6.63. The Bertz CT molecular complexity index is 616. The first kappa shape index (κ1) is 13.9. The molecule has 2 aromatic rings. The number of rotatable bonds is 4. The third kappa shape index (κ3) is 2.35. The molecule has 2 N–H and O–H groups in total. The zero-order valence-corrected chi connectivity index (χ0v) is 12.4. The maximum Gasteiger partial charge on any atom is 0.171 e. The summed E-state index contributed by atoms with van der Waals surface area (Å²) in [5.74, 6) is 3.76. The van der Waals surface area contributed by atoms with E-state index in [4.69, 9.17) is 15.2 Å². The van der Waals surface area contributed by atoms with Crippen molar-refractivity contribution in [1.82, 2.24) is 14.8 Å². The summed E-state index contributed by atoms with van der Waals surface area (Å²) in [6, 6.07) is 5.72. The van der Waals surface area contributed by atoms with Gasteiger partial charge in [0.1, 0.15) is 22.9 Å². The molecule has 1 aromatic carbocycles. The van der Waals surface area contributed by atoms with Crippen molar-refractivity contribution < 1.29 is 9.47 Å². The Hall–Kier alpha value is -2.08. The smallest absolute Gasteiger partial charge is 0.171 e. The average molecular weight is 288 g/mol. The second kappa shape index (κ2) is 5.73. The lowest BCUT2D eigenvalue weighted by Crippen LogP contribution is -2.25. The highest BCUT2D eigenvalue weighted by molar-refractivity contribution is 5.72. The first-order chi connectivity index (χ1) is 10.3. The van der Waals surface area contributed by atoms with Crippen molar-refractivity contribution in [2.24, 2.45) is 11.7 Å². The molecule has 1 atom stereocenters. The number of aromatic nitrogens is 3. The molecule has 0 radical (unpaired) electrons. The minimum absolute atomic E-state index is 0.495. The fourth-order valence-electron chi connectivity index (χ4n) is 2.85. The molecule has 3 rings (SSSR count). The van der Waals surface area contributed by atoms with Gasteiger partial charge in [0, 0.05) is 13.0 Å². The number of hydrogen-bond acceptors (Lipinski definition) is 5. The number of methoxy groups -OCH3 is 2. The lowest BCUT2D eigenvalue weighted by atomic mass is 9.98. The van der Waals surface area contributed by atoms with Gasteiger partial charge in [0.05, 0.1) is 14.2 Å². The third-order valence-corrected chi connectivity index (χ3v) is 4.04. The van der Waals surface area contributed by atoms with Gasteiger partial charge in [-0.25, -0.2) is 0 Å². The fourth-order valence-corrected chi connectivity index (χ4v) is 2.85. The van der Waals surface area contributed by atoms with E-state index in [1.807, 2.05) is 18.2 Å². The van der Waals surface area contributed by atoms with Gasteiger partial charge in [0.15, 0.2) is 5.82 Å². The summed E-state index contributed by atoms with van der Waals surface area (Å²) < 4.78 is 13.1. The van der Waals surface area contributed by atoms with Gasteiger partial charge in [-0.2, -0.15) is 0 Å². The van der Waals surface area contributed by atoms with Crippen molar-refractivity contribution in [2.75, 3.05) is 20.8 Å². The number of benzene rings is 1. The number of ether oxygens (including phenoxy) is 2. The summed E-state index contributed by atoms with van der Waals surface area (Å²) in [5, 5.41) is 8.69. The maximum atomic E-state index is 5.77. The molecular weight excluding hydrogens is 268 g/mol. The zero-order valence-electron chi connectivity index (χ0n) is 12.4. The number of fused-ring (bicyclic) bond motifs is 1. The van der Waals surface area contributed by atoms with Crippen LogP contribution in [0.4, 0.5) is 0 Å². The fraction of sp³-hybridized carbons (Fsp3) is 0.467. The van der Waals surface area contributed by atoms with Gasteiger partial charge in [-0.3, -0.25) is 0 Å². The molecule has 0 bridgehead atoms. The van der Waals surface area contributed by atoms with E-state index in [-0.39, 0.29) is 0 Å². The molecule has 6 nitrogen and oxygen atoms in total. The molecule has 6 heteroatoms. The monoisotopic (exact) mass is 288 g/mol. The minimum Gasteiger partial charge on any atom is -0.496 e. The lowest BCUT2D eigenvalue weighted by molar-refractivity contribution is 0.385. The second-order valence-electron chi connectivity index (χ2n) is 5.22. The second-order valence-corrected chi connectivity index (χ2v) is 5.22. The van der Waals surface area contributed by atoms with Crippen LogP contribution >= 0.6 is 0 Å². The molecule has 1 aliphatic heterocycles. The Kier molecular flexibility index (Phi) is 3.79. The predicted octanol–water partition coefficient (Wildman–Crippen LogP) is 1.48. The Morgan fingerprint density at radius 1 is 1.24 bits per heavy atom. The van der Waals surface area contributed by atoms with Crippen LogP contribution < -0.4 is 15.2 Å². The van der Waals surface area contributed by atoms with Gasteiger partial charge in [0.25, 0.3) is 0 Å². The van der Waals surface area contributed by atoms with Gasteiger partial charge in [-0.1, -0.05) is 6.07 Å². The quantitative estimate of drug-likeness (QED) is 0.922. The molecule has 0 spiro atoms. The molecular formula is C15H20N4O2. The van der Waals surface area contributed by atoms with Crippen LogP contribution in [0, 0.1) is 5.92 Å². The summed E-state index contributed by atoms with van der Waals surface area (Å²) >= 11 is 0. The first-order valence-electron chi connectivity index (χ1n) is 7.12. The van der Waals surface area contributed by atoms with Gasteiger partial charge in [0.2, 0.25) is 0 Å². The summed E-state index contributed by atoms with van der Waals surface area (Å²) in [4.78, 5) is 0.